The molecule has 176 valence electrons. The normalized spacial score (nSPS) is 17.0. The van der Waals surface area contributed by atoms with Gasteiger partial charge < -0.3 is 14.9 Å². The van der Waals surface area contributed by atoms with Crippen molar-refractivity contribution < 1.29 is 14.9 Å². The van der Waals surface area contributed by atoms with E-state index in [1.165, 1.54) is 16.7 Å². The van der Waals surface area contributed by atoms with Gasteiger partial charge in [-0.15, -0.1) is 0 Å². The maximum atomic E-state index is 10.5. The van der Waals surface area contributed by atoms with Crippen LogP contribution in [0.2, 0.25) is 0 Å². The minimum atomic E-state index is 0.0624. The SMILES string of the molecule is C/C=c1/c(O)ccc/c1=C1/CC(c2ccc(-c3ccccc3)cc2)c2ccc3c(O)cccc3c2O1. The number of hydrogen-bond donors (Lipinski definition) is 2. The maximum absolute atomic E-state index is 10.5. The molecule has 1 aliphatic heterocycles. The monoisotopic (exact) mass is 470 g/mol. The van der Waals surface area contributed by atoms with Crippen molar-refractivity contribution in [3.63, 3.8) is 0 Å². The first-order valence-electron chi connectivity index (χ1n) is 12.2. The van der Waals surface area contributed by atoms with Gasteiger partial charge in [0.2, 0.25) is 0 Å². The molecule has 1 aliphatic rings. The van der Waals surface area contributed by atoms with Gasteiger partial charge in [-0.25, -0.2) is 0 Å². The Balaban J connectivity index is 1.57. The van der Waals surface area contributed by atoms with Gasteiger partial charge in [-0.05, 0) is 35.7 Å². The number of rotatable bonds is 2. The highest BCUT2D eigenvalue weighted by Crippen LogP contribution is 2.47. The summed E-state index contributed by atoms with van der Waals surface area (Å²) < 4.78 is 6.60. The first-order chi connectivity index (χ1) is 17.6. The average molecular weight is 471 g/mol. The molecule has 0 fully saturated rings. The van der Waals surface area contributed by atoms with Gasteiger partial charge in [0.1, 0.15) is 23.0 Å². The van der Waals surface area contributed by atoms with Crippen molar-refractivity contribution in [2.75, 3.05) is 0 Å². The Morgan fingerprint density at radius 1 is 0.694 bits per heavy atom. The van der Waals surface area contributed by atoms with E-state index in [0.717, 1.165) is 38.3 Å². The van der Waals surface area contributed by atoms with Gasteiger partial charge in [-0.2, -0.15) is 0 Å². The van der Waals surface area contributed by atoms with Crippen LogP contribution in [-0.4, -0.2) is 10.2 Å². The molecule has 5 aromatic carbocycles. The molecule has 0 bridgehead atoms. The zero-order chi connectivity index (χ0) is 24.6. The summed E-state index contributed by atoms with van der Waals surface area (Å²) in [6.07, 6.45) is 2.57. The number of hydrogen-bond acceptors (Lipinski definition) is 3. The van der Waals surface area contributed by atoms with Gasteiger partial charge in [0.25, 0.3) is 0 Å². The van der Waals surface area contributed by atoms with Crippen LogP contribution in [0.25, 0.3) is 33.7 Å². The molecular formula is C33H26O3. The minimum absolute atomic E-state index is 0.0624. The zero-order valence-electron chi connectivity index (χ0n) is 20.0. The van der Waals surface area contributed by atoms with Crippen molar-refractivity contribution in [2.45, 2.75) is 19.3 Å². The van der Waals surface area contributed by atoms with E-state index in [1.807, 2.05) is 49.4 Å². The van der Waals surface area contributed by atoms with Gasteiger partial charge in [-0.1, -0.05) is 97.1 Å². The van der Waals surface area contributed by atoms with Crippen LogP contribution >= 0.6 is 0 Å². The Bertz CT molecular complexity index is 1700. The van der Waals surface area contributed by atoms with Gasteiger partial charge in [-0.3, -0.25) is 0 Å². The summed E-state index contributed by atoms with van der Waals surface area (Å²) in [5, 5.41) is 24.3. The molecular weight excluding hydrogens is 444 g/mol. The molecule has 6 rings (SSSR count). The van der Waals surface area contributed by atoms with Crippen molar-refractivity contribution >= 4 is 22.6 Å². The largest absolute Gasteiger partial charge is 0.507 e. The average Bonchev–Trinajstić information content (AvgIpc) is 2.93. The number of aromatic hydroxyl groups is 2. The molecule has 0 spiro atoms. The van der Waals surface area contributed by atoms with E-state index in [4.69, 9.17) is 4.74 Å². The second kappa shape index (κ2) is 8.94. The van der Waals surface area contributed by atoms with Gasteiger partial charge in [0.15, 0.2) is 0 Å². The molecule has 2 N–H and O–H groups in total. The molecule has 3 nitrogen and oxygen atoms in total. The molecule has 3 heteroatoms. The molecule has 1 unspecified atom stereocenters. The number of ether oxygens (including phenoxy) is 1. The molecule has 0 aromatic heterocycles. The fraction of sp³-hybridized carbons (Fsp3) is 0.0909. The summed E-state index contributed by atoms with van der Waals surface area (Å²) in [6.45, 7) is 1.92. The Hall–Kier alpha value is -4.50. The summed E-state index contributed by atoms with van der Waals surface area (Å²) in [7, 11) is 0. The highest BCUT2D eigenvalue weighted by Gasteiger charge is 2.29. The lowest BCUT2D eigenvalue weighted by Gasteiger charge is -2.29. The van der Waals surface area contributed by atoms with E-state index < -0.39 is 0 Å². The molecule has 5 aromatic rings. The number of phenols is 2. The maximum Gasteiger partial charge on any atom is 0.138 e. The Kier molecular flexibility index (Phi) is 5.46. The van der Waals surface area contributed by atoms with E-state index in [9.17, 15) is 10.2 Å². The molecule has 0 amide bonds. The fourth-order valence-electron chi connectivity index (χ4n) is 5.28. The summed E-state index contributed by atoms with van der Waals surface area (Å²) in [5.41, 5.74) is 4.65. The van der Waals surface area contributed by atoms with Crippen LogP contribution < -0.4 is 15.2 Å². The highest BCUT2D eigenvalue weighted by atomic mass is 16.5. The van der Waals surface area contributed by atoms with E-state index in [2.05, 4.69) is 54.6 Å². The Morgan fingerprint density at radius 2 is 1.42 bits per heavy atom. The van der Waals surface area contributed by atoms with E-state index >= 15 is 0 Å². The zero-order valence-corrected chi connectivity index (χ0v) is 20.0. The molecule has 1 heterocycles. The summed E-state index contributed by atoms with van der Waals surface area (Å²) in [5.74, 6) is 2.09. The van der Waals surface area contributed by atoms with Crippen LogP contribution in [0.15, 0.2) is 103 Å². The third kappa shape index (κ3) is 3.70. The van der Waals surface area contributed by atoms with E-state index in [-0.39, 0.29) is 17.4 Å². The lowest BCUT2D eigenvalue weighted by Crippen LogP contribution is -2.31. The van der Waals surface area contributed by atoms with Crippen LogP contribution in [-0.2, 0) is 0 Å². The van der Waals surface area contributed by atoms with Crippen LogP contribution in [0.3, 0.4) is 0 Å². The van der Waals surface area contributed by atoms with Crippen LogP contribution in [0, 0.1) is 0 Å². The third-order valence-corrected chi connectivity index (χ3v) is 7.10. The lowest BCUT2D eigenvalue weighted by atomic mass is 9.83. The van der Waals surface area contributed by atoms with Crippen molar-refractivity contribution in [2.24, 2.45) is 0 Å². The van der Waals surface area contributed by atoms with Gasteiger partial charge in [0.05, 0.1) is 0 Å². The molecule has 0 saturated heterocycles. The number of phenolic OH excluding ortho intramolecular Hbond substituents is 2. The number of benzene rings is 5. The van der Waals surface area contributed by atoms with Crippen molar-refractivity contribution in [3.05, 3.63) is 125 Å². The fourth-order valence-corrected chi connectivity index (χ4v) is 5.28. The predicted molar refractivity (Wildman–Crippen MR) is 145 cm³/mol. The topological polar surface area (TPSA) is 49.7 Å². The lowest BCUT2D eigenvalue weighted by molar-refractivity contribution is 0.444. The van der Waals surface area contributed by atoms with Crippen molar-refractivity contribution in [3.8, 4) is 28.4 Å². The first-order valence-corrected chi connectivity index (χ1v) is 12.2. The second-order valence-corrected chi connectivity index (χ2v) is 9.15. The van der Waals surface area contributed by atoms with Crippen LogP contribution in [0.1, 0.15) is 30.4 Å². The predicted octanol–water partition coefficient (Wildman–Crippen LogP) is 6.44. The summed E-state index contributed by atoms with van der Waals surface area (Å²) in [4.78, 5) is 0. The second-order valence-electron chi connectivity index (χ2n) is 9.15. The first kappa shape index (κ1) is 22.0. The summed E-state index contributed by atoms with van der Waals surface area (Å²) in [6, 6.07) is 34.2. The standard InChI is InChI=1S/C33H26O3/c1-2-24-26(10-6-12-30(24)34)32-20-29(23-16-14-22(15-17-23)21-8-4-3-5-9-21)28-19-18-25-27(33(28)36-32)11-7-13-31(25)35/h2-19,29,34-35H,20H2,1H3/b24-2+,32-26+. The van der Waals surface area contributed by atoms with Crippen molar-refractivity contribution in [1.82, 2.24) is 0 Å². The smallest absolute Gasteiger partial charge is 0.138 e. The van der Waals surface area contributed by atoms with E-state index in [0.29, 0.717) is 6.42 Å². The molecule has 0 radical (unpaired) electrons. The van der Waals surface area contributed by atoms with Crippen molar-refractivity contribution in [1.29, 1.82) is 0 Å². The third-order valence-electron chi connectivity index (χ3n) is 7.10. The Morgan fingerprint density at radius 3 is 2.19 bits per heavy atom. The molecule has 36 heavy (non-hydrogen) atoms. The molecule has 0 aliphatic carbocycles. The number of fused-ring (bicyclic) bond motifs is 3. The highest BCUT2D eigenvalue weighted by molar-refractivity contribution is 5.95. The summed E-state index contributed by atoms with van der Waals surface area (Å²) >= 11 is 0. The van der Waals surface area contributed by atoms with E-state index in [1.54, 1.807) is 12.1 Å². The molecule has 1 atom stereocenters. The molecule has 0 saturated carbocycles. The minimum Gasteiger partial charge on any atom is -0.507 e. The Labute approximate surface area is 209 Å². The quantitative estimate of drug-likeness (QED) is 0.312. The van der Waals surface area contributed by atoms with Crippen LogP contribution in [0.4, 0.5) is 0 Å². The van der Waals surface area contributed by atoms with Crippen LogP contribution in [0.5, 0.6) is 17.2 Å². The van der Waals surface area contributed by atoms with Gasteiger partial charge in [0, 0.05) is 39.1 Å². The van der Waals surface area contributed by atoms with Gasteiger partial charge >= 0.3 is 0 Å².